The number of alkyl halides is 3. The second-order valence-electron chi connectivity index (χ2n) is 6.45. The summed E-state index contributed by atoms with van der Waals surface area (Å²) in [6, 6.07) is 7.15. The summed E-state index contributed by atoms with van der Waals surface area (Å²) in [5, 5.41) is 12.8. The molecule has 9 heteroatoms. The number of halogens is 3. The van der Waals surface area contributed by atoms with E-state index in [1.165, 1.54) is 24.3 Å². The van der Waals surface area contributed by atoms with Crippen molar-refractivity contribution in [2.45, 2.75) is 33.1 Å². The lowest BCUT2D eigenvalue weighted by atomic mass is 10.1. The van der Waals surface area contributed by atoms with Crippen LogP contribution in [0.2, 0.25) is 0 Å². The van der Waals surface area contributed by atoms with Gasteiger partial charge in [0.2, 0.25) is 5.75 Å². The van der Waals surface area contributed by atoms with E-state index < -0.39 is 23.8 Å². The lowest BCUT2D eigenvalue weighted by Gasteiger charge is -2.18. The zero-order chi connectivity index (χ0) is 23.0. The highest BCUT2D eigenvalue weighted by Gasteiger charge is 2.30. The Morgan fingerprint density at radius 1 is 0.968 bits per heavy atom. The summed E-state index contributed by atoms with van der Waals surface area (Å²) >= 11 is 0. The number of benzene rings is 2. The number of ether oxygens (including phenoxy) is 3. The van der Waals surface area contributed by atoms with Gasteiger partial charge in [0.05, 0.1) is 31.5 Å². The SMILES string of the molecule is CCOc1cc(C(=O)NCC(O)c2ccc(C(F)(F)F)cc2)cc(OCC)c1OCC. The van der Waals surface area contributed by atoms with Gasteiger partial charge in [-0.05, 0) is 50.6 Å². The van der Waals surface area contributed by atoms with Crippen LogP contribution < -0.4 is 19.5 Å². The minimum absolute atomic E-state index is 0.189. The van der Waals surface area contributed by atoms with E-state index >= 15 is 0 Å². The Kier molecular flexibility index (Phi) is 8.56. The minimum atomic E-state index is -4.46. The van der Waals surface area contributed by atoms with Crippen LogP contribution in [0.4, 0.5) is 13.2 Å². The smallest absolute Gasteiger partial charge is 0.416 e. The standard InChI is InChI=1S/C22H26F3NO5/c1-4-29-18-11-15(12-19(30-5-2)20(18)31-6-3)21(28)26-13-17(27)14-7-9-16(10-8-14)22(23,24)25/h7-12,17,27H,4-6,13H2,1-3H3,(H,26,28). The van der Waals surface area contributed by atoms with E-state index in [0.717, 1.165) is 12.1 Å². The van der Waals surface area contributed by atoms with Gasteiger partial charge in [0.25, 0.3) is 5.91 Å². The third kappa shape index (κ3) is 6.52. The first-order chi connectivity index (χ1) is 14.7. The molecule has 2 rings (SSSR count). The fourth-order valence-electron chi connectivity index (χ4n) is 2.82. The molecule has 0 saturated heterocycles. The van der Waals surface area contributed by atoms with Gasteiger partial charge in [-0.3, -0.25) is 4.79 Å². The normalized spacial score (nSPS) is 12.2. The Labute approximate surface area is 178 Å². The molecule has 2 aromatic rings. The van der Waals surface area contributed by atoms with Gasteiger partial charge in [-0.25, -0.2) is 0 Å². The Hall–Kier alpha value is -2.94. The average Bonchev–Trinajstić information content (AvgIpc) is 2.73. The van der Waals surface area contributed by atoms with Crippen molar-refractivity contribution in [3.8, 4) is 17.2 Å². The van der Waals surface area contributed by atoms with Crippen LogP contribution in [0.25, 0.3) is 0 Å². The zero-order valence-corrected chi connectivity index (χ0v) is 17.6. The zero-order valence-electron chi connectivity index (χ0n) is 17.6. The van der Waals surface area contributed by atoms with Crippen LogP contribution in [0, 0.1) is 0 Å². The topological polar surface area (TPSA) is 77.0 Å². The predicted octanol–water partition coefficient (Wildman–Crippen LogP) is 4.36. The molecule has 1 atom stereocenters. The molecule has 1 amide bonds. The van der Waals surface area contributed by atoms with Crippen molar-refractivity contribution in [3.63, 3.8) is 0 Å². The van der Waals surface area contributed by atoms with E-state index in [-0.39, 0.29) is 17.7 Å². The molecule has 6 nitrogen and oxygen atoms in total. The van der Waals surface area contributed by atoms with Crippen LogP contribution in [-0.4, -0.2) is 37.4 Å². The second-order valence-corrected chi connectivity index (χ2v) is 6.45. The highest BCUT2D eigenvalue weighted by atomic mass is 19.4. The van der Waals surface area contributed by atoms with Crippen LogP contribution in [-0.2, 0) is 6.18 Å². The molecule has 0 saturated carbocycles. The number of nitrogens with one attached hydrogen (secondary N) is 1. The second kappa shape index (κ2) is 10.9. The van der Waals surface area contributed by atoms with Gasteiger partial charge in [0.15, 0.2) is 11.5 Å². The molecule has 0 aliphatic rings. The van der Waals surface area contributed by atoms with E-state index in [4.69, 9.17) is 14.2 Å². The number of carbonyl (C=O) groups is 1. The Morgan fingerprint density at radius 2 is 1.48 bits per heavy atom. The highest BCUT2D eigenvalue weighted by Crippen LogP contribution is 2.39. The van der Waals surface area contributed by atoms with Crippen LogP contribution in [0.15, 0.2) is 36.4 Å². The highest BCUT2D eigenvalue weighted by molar-refractivity contribution is 5.95. The monoisotopic (exact) mass is 441 g/mol. The summed E-state index contributed by atoms with van der Waals surface area (Å²) in [6.07, 6.45) is -5.63. The summed E-state index contributed by atoms with van der Waals surface area (Å²) < 4.78 is 54.7. The first-order valence-electron chi connectivity index (χ1n) is 9.91. The van der Waals surface area contributed by atoms with Gasteiger partial charge in [0, 0.05) is 12.1 Å². The molecule has 0 radical (unpaired) electrons. The van der Waals surface area contributed by atoms with E-state index in [1.54, 1.807) is 13.8 Å². The number of aliphatic hydroxyl groups excluding tert-OH is 1. The van der Waals surface area contributed by atoms with Crippen molar-refractivity contribution in [1.29, 1.82) is 0 Å². The minimum Gasteiger partial charge on any atom is -0.490 e. The van der Waals surface area contributed by atoms with Crippen molar-refractivity contribution in [1.82, 2.24) is 5.32 Å². The van der Waals surface area contributed by atoms with Crippen LogP contribution in [0.1, 0.15) is 48.4 Å². The van der Waals surface area contributed by atoms with Crippen molar-refractivity contribution in [2.75, 3.05) is 26.4 Å². The van der Waals surface area contributed by atoms with Gasteiger partial charge in [-0.1, -0.05) is 12.1 Å². The molecule has 0 aromatic heterocycles. The first-order valence-corrected chi connectivity index (χ1v) is 9.91. The van der Waals surface area contributed by atoms with E-state index in [2.05, 4.69) is 5.32 Å². The number of amides is 1. The van der Waals surface area contributed by atoms with E-state index in [0.29, 0.717) is 37.1 Å². The van der Waals surface area contributed by atoms with Crippen molar-refractivity contribution < 1.29 is 37.3 Å². The fourth-order valence-corrected chi connectivity index (χ4v) is 2.82. The van der Waals surface area contributed by atoms with E-state index in [9.17, 15) is 23.1 Å². The van der Waals surface area contributed by atoms with Gasteiger partial charge < -0.3 is 24.6 Å². The van der Waals surface area contributed by atoms with Crippen molar-refractivity contribution in [3.05, 3.63) is 53.1 Å². The Balaban J connectivity index is 2.15. The Morgan fingerprint density at radius 3 is 1.94 bits per heavy atom. The molecule has 1 unspecified atom stereocenters. The molecule has 0 aliphatic carbocycles. The summed E-state index contributed by atoms with van der Waals surface area (Å²) in [4.78, 5) is 12.6. The summed E-state index contributed by atoms with van der Waals surface area (Å²) in [5.74, 6) is 0.593. The summed E-state index contributed by atoms with van der Waals surface area (Å²) in [5.41, 5.74) is -0.325. The Bertz CT molecular complexity index is 841. The van der Waals surface area contributed by atoms with Crippen molar-refractivity contribution in [2.24, 2.45) is 0 Å². The largest absolute Gasteiger partial charge is 0.490 e. The van der Waals surface area contributed by atoms with Crippen LogP contribution in [0.3, 0.4) is 0 Å². The van der Waals surface area contributed by atoms with Gasteiger partial charge >= 0.3 is 6.18 Å². The van der Waals surface area contributed by atoms with Gasteiger partial charge in [-0.2, -0.15) is 13.2 Å². The number of aliphatic hydroxyl groups is 1. The average molecular weight is 441 g/mol. The quantitative estimate of drug-likeness (QED) is 0.573. The molecule has 0 fully saturated rings. The predicted molar refractivity (Wildman–Crippen MR) is 109 cm³/mol. The molecular weight excluding hydrogens is 415 g/mol. The molecule has 2 aromatic carbocycles. The molecule has 0 spiro atoms. The fraction of sp³-hybridized carbons (Fsp3) is 0.409. The number of hydrogen-bond donors (Lipinski definition) is 2. The van der Waals surface area contributed by atoms with E-state index in [1.807, 2.05) is 6.92 Å². The number of carbonyl (C=O) groups excluding carboxylic acids is 1. The van der Waals surface area contributed by atoms with Crippen molar-refractivity contribution >= 4 is 5.91 Å². The molecule has 0 heterocycles. The summed E-state index contributed by atoms with van der Waals surface area (Å²) in [7, 11) is 0. The third-order valence-corrected chi connectivity index (χ3v) is 4.25. The molecular formula is C22H26F3NO5. The lowest BCUT2D eigenvalue weighted by molar-refractivity contribution is -0.137. The molecule has 0 aliphatic heterocycles. The van der Waals surface area contributed by atoms with Gasteiger partial charge in [-0.15, -0.1) is 0 Å². The maximum Gasteiger partial charge on any atom is 0.416 e. The number of rotatable bonds is 10. The molecule has 31 heavy (non-hydrogen) atoms. The van der Waals surface area contributed by atoms with Gasteiger partial charge in [0.1, 0.15) is 0 Å². The maximum absolute atomic E-state index is 12.7. The molecule has 0 bridgehead atoms. The third-order valence-electron chi connectivity index (χ3n) is 4.25. The van der Waals surface area contributed by atoms with Crippen LogP contribution in [0.5, 0.6) is 17.2 Å². The summed E-state index contributed by atoms with van der Waals surface area (Å²) in [6.45, 7) is 6.30. The lowest BCUT2D eigenvalue weighted by Crippen LogP contribution is -2.28. The maximum atomic E-state index is 12.7. The molecule has 2 N–H and O–H groups in total. The molecule has 170 valence electrons. The van der Waals surface area contributed by atoms with Crippen LogP contribution >= 0.6 is 0 Å². The first kappa shape index (κ1) is 24.3. The number of hydrogen-bond acceptors (Lipinski definition) is 5.